The topological polar surface area (TPSA) is 132 Å². The van der Waals surface area contributed by atoms with Gasteiger partial charge in [0, 0.05) is 46.0 Å². The van der Waals surface area contributed by atoms with Gasteiger partial charge in [-0.15, -0.1) is 0 Å². The maximum absolute atomic E-state index is 12.5. The maximum Gasteiger partial charge on any atom is 0.285 e. The number of hydrazine groups is 1. The van der Waals surface area contributed by atoms with Crippen LogP contribution in [0.4, 0.5) is 0 Å². The number of carbonyl (C=O) groups is 2. The van der Waals surface area contributed by atoms with Crippen LogP contribution in [0.5, 0.6) is 0 Å². The van der Waals surface area contributed by atoms with Crippen LogP contribution in [-0.2, 0) is 0 Å². The summed E-state index contributed by atoms with van der Waals surface area (Å²) in [5, 5.41) is 8.69. The number of nitrogen functional groups attached to an aromatic ring is 1. The van der Waals surface area contributed by atoms with Gasteiger partial charge in [0.05, 0.1) is 11.7 Å². The van der Waals surface area contributed by atoms with E-state index in [1.807, 2.05) is 53.1 Å². The lowest BCUT2D eigenvalue weighted by molar-refractivity contribution is 0.0943. The highest BCUT2D eigenvalue weighted by Crippen LogP contribution is 2.35. The molecular weight excluding hydrogens is 524 g/mol. The van der Waals surface area contributed by atoms with Gasteiger partial charge in [0.25, 0.3) is 11.8 Å². The number of benzene rings is 1. The molecule has 4 N–H and O–H groups in total. The molecule has 0 bridgehead atoms. The zero-order valence-corrected chi connectivity index (χ0v) is 20.3. The number of hydrogen-bond donors (Lipinski definition) is 3. The Morgan fingerprint density at radius 2 is 1.75 bits per heavy atom. The number of hydrazone groups is 1. The first-order chi connectivity index (χ1) is 17.6. The van der Waals surface area contributed by atoms with E-state index < -0.39 is 5.91 Å². The van der Waals surface area contributed by atoms with Gasteiger partial charge in [-0.25, -0.2) is 16.0 Å². The standard InChI is InChI=1S/C25H19BrN8O2/c26-18-6-4-16(5-7-18)22-19(15-29-31-23(35)17-8-11-28-12-9-17)21-3-1-2-13-33(21)25(22)34-14-10-20(32-34)24(36)30-27/h1-15H,27H2,(H,30,36)(H,31,35). The van der Waals surface area contributed by atoms with Crippen LogP contribution in [-0.4, -0.2) is 37.2 Å². The van der Waals surface area contributed by atoms with Crippen LogP contribution in [0, 0.1) is 0 Å². The quantitative estimate of drug-likeness (QED) is 0.131. The molecule has 0 saturated heterocycles. The molecule has 0 radical (unpaired) electrons. The minimum Gasteiger partial charge on any atom is -0.301 e. The summed E-state index contributed by atoms with van der Waals surface area (Å²) in [5.41, 5.74) is 8.56. The number of nitrogens with one attached hydrogen (secondary N) is 2. The molecule has 0 spiro atoms. The van der Waals surface area contributed by atoms with Gasteiger partial charge in [-0.1, -0.05) is 34.1 Å². The minimum atomic E-state index is -0.500. The lowest BCUT2D eigenvalue weighted by Gasteiger charge is -2.08. The number of rotatable bonds is 6. The Morgan fingerprint density at radius 3 is 2.50 bits per heavy atom. The van der Waals surface area contributed by atoms with Crippen molar-refractivity contribution in [3.63, 3.8) is 0 Å². The van der Waals surface area contributed by atoms with Crippen LogP contribution in [0.2, 0.25) is 0 Å². The highest BCUT2D eigenvalue weighted by molar-refractivity contribution is 9.10. The van der Waals surface area contributed by atoms with Crippen molar-refractivity contribution in [3.05, 3.63) is 107 Å². The summed E-state index contributed by atoms with van der Waals surface area (Å²) in [5.74, 6) is 5.12. The molecule has 0 atom stereocenters. The van der Waals surface area contributed by atoms with Crippen LogP contribution in [0.25, 0.3) is 22.5 Å². The first kappa shape index (κ1) is 23.1. The highest BCUT2D eigenvalue weighted by atomic mass is 79.9. The van der Waals surface area contributed by atoms with Gasteiger partial charge in [-0.3, -0.25) is 20.0 Å². The summed E-state index contributed by atoms with van der Waals surface area (Å²) in [6.07, 6.45) is 8.27. The maximum atomic E-state index is 12.5. The Balaban J connectivity index is 1.67. The zero-order chi connectivity index (χ0) is 25.1. The summed E-state index contributed by atoms with van der Waals surface area (Å²) < 4.78 is 4.49. The molecule has 11 heteroatoms. The van der Waals surface area contributed by atoms with E-state index in [0.29, 0.717) is 11.4 Å². The van der Waals surface area contributed by atoms with E-state index >= 15 is 0 Å². The van der Waals surface area contributed by atoms with Crippen molar-refractivity contribution in [1.82, 2.24) is 30.0 Å². The largest absolute Gasteiger partial charge is 0.301 e. The van der Waals surface area contributed by atoms with E-state index in [-0.39, 0.29) is 11.6 Å². The Bertz CT molecular complexity index is 1590. The number of halogens is 1. The van der Waals surface area contributed by atoms with Crippen LogP contribution < -0.4 is 16.7 Å². The van der Waals surface area contributed by atoms with Crippen LogP contribution >= 0.6 is 15.9 Å². The van der Waals surface area contributed by atoms with Gasteiger partial charge in [0.1, 0.15) is 5.82 Å². The van der Waals surface area contributed by atoms with Gasteiger partial charge >= 0.3 is 0 Å². The molecule has 0 aliphatic rings. The van der Waals surface area contributed by atoms with E-state index in [1.165, 1.54) is 0 Å². The van der Waals surface area contributed by atoms with Gasteiger partial charge in [0.15, 0.2) is 5.69 Å². The molecule has 0 fully saturated rings. The number of hydrogen-bond acceptors (Lipinski definition) is 6. The SMILES string of the molecule is NNC(=O)c1ccn(-c2c(-c3ccc(Br)cc3)c(C=NNC(=O)c3ccncc3)c3ccccn23)n1. The second-order valence-electron chi connectivity index (χ2n) is 7.63. The predicted molar refractivity (Wildman–Crippen MR) is 139 cm³/mol. The minimum absolute atomic E-state index is 0.171. The number of pyridine rings is 2. The third kappa shape index (κ3) is 4.40. The Kier molecular flexibility index (Phi) is 6.39. The molecule has 2 amide bonds. The number of carbonyl (C=O) groups excluding carboxylic acids is 2. The second-order valence-corrected chi connectivity index (χ2v) is 8.54. The Morgan fingerprint density at radius 1 is 0.972 bits per heavy atom. The third-order valence-electron chi connectivity index (χ3n) is 5.46. The van der Waals surface area contributed by atoms with Crippen molar-refractivity contribution in [2.75, 3.05) is 0 Å². The van der Waals surface area contributed by atoms with Crippen LogP contribution in [0.15, 0.2) is 95.0 Å². The molecule has 4 heterocycles. The number of nitrogens with zero attached hydrogens (tertiary/aromatic N) is 5. The summed E-state index contributed by atoms with van der Waals surface area (Å²) in [4.78, 5) is 28.5. The summed E-state index contributed by atoms with van der Waals surface area (Å²) in [6, 6.07) is 18.3. The number of aromatic nitrogens is 4. The predicted octanol–water partition coefficient (Wildman–Crippen LogP) is 3.32. The average Bonchev–Trinajstić information content (AvgIpc) is 3.52. The summed E-state index contributed by atoms with van der Waals surface area (Å²) in [7, 11) is 0. The van der Waals surface area contributed by atoms with Crippen molar-refractivity contribution in [1.29, 1.82) is 0 Å². The van der Waals surface area contributed by atoms with Crippen molar-refractivity contribution in [2.24, 2.45) is 10.9 Å². The molecule has 178 valence electrons. The lowest BCUT2D eigenvalue weighted by atomic mass is 10.0. The van der Waals surface area contributed by atoms with E-state index in [0.717, 1.165) is 26.7 Å². The first-order valence-corrected chi connectivity index (χ1v) is 11.6. The fourth-order valence-corrected chi connectivity index (χ4v) is 4.10. The molecule has 1 aromatic carbocycles. The van der Waals surface area contributed by atoms with Gasteiger partial charge in [0.2, 0.25) is 0 Å². The number of amides is 2. The molecule has 0 saturated carbocycles. The van der Waals surface area contributed by atoms with Gasteiger partial charge in [-0.2, -0.15) is 10.2 Å². The van der Waals surface area contributed by atoms with Gasteiger partial charge < -0.3 is 4.40 Å². The molecular formula is C25H19BrN8O2. The molecule has 5 aromatic rings. The first-order valence-electron chi connectivity index (χ1n) is 10.8. The monoisotopic (exact) mass is 542 g/mol. The molecule has 10 nitrogen and oxygen atoms in total. The van der Waals surface area contributed by atoms with Crippen molar-refractivity contribution in [2.45, 2.75) is 0 Å². The van der Waals surface area contributed by atoms with Crippen LogP contribution in [0.3, 0.4) is 0 Å². The van der Waals surface area contributed by atoms with Crippen molar-refractivity contribution in [3.8, 4) is 16.9 Å². The normalized spacial score (nSPS) is 11.2. The van der Waals surface area contributed by atoms with Crippen molar-refractivity contribution >= 4 is 39.5 Å². The summed E-state index contributed by atoms with van der Waals surface area (Å²) >= 11 is 3.48. The Labute approximate surface area is 213 Å². The zero-order valence-electron chi connectivity index (χ0n) is 18.7. The van der Waals surface area contributed by atoms with E-state index in [1.54, 1.807) is 47.7 Å². The molecule has 4 aromatic heterocycles. The molecule has 0 unspecified atom stereocenters. The Hall–Kier alpha value is -4.61. The molecule has 0 aliphatic carbocycles. The average molecular weight is 543 g/mol. The molecule has 36 heavy (non-hydrogen) atoms. The van der Waals surface area contributed by atoms with E-state index in [2.05, 4.69) is 42.0 Å². The van der Waals surface area contributed by atoms with Crippen LogP contribution in [0.1, 0.15) is 26.4 Å². The smallest absolute Gasteiger partial charge is 0.285 e. The van der Waals surface area contributed by atoms with E-state index in [4.69, 9.17) is 5.84 Å². The lowest BCUT2D eigenvalue weighted by Crippen LogP contribution is -2.30. The summed E-state index contributed by atoms with van der Waals surface area (Å²) in [6.45, 7) is 0. The number of fused-ring (bicyclic) bond motifs is 1. The second kappa shape index (κ2) is 9.94. The van der Waals surface area contributed by atoms with E-state index in [9.17, 15) is 9.59 Å². The third-order valence-corrected chi connectivity index (χ3v) is 5.99. The number of nitrogens with two attached hydrogens (primary N) is 1. The molecule has 0 aliphatic heterocycles. The van der Waals surface area contributed by atoms with Crippen molar-refractivity contribution < 1.29 is 9.59 Å². The fourth-order valence-electron chi connectivity index (χ4n) is 3.83. The fraction of sp³-hybridized carbons (Fsp3) is 0. The molecule has 5 rings (SSSR count). The highest BCUT2D eigenvalue weighted by Gasteiger charge is 2.22. The van der Waals surface area contributed by atoms with Gasteiger partial charge in [-0.05, 0) is 48.0 Å².